The number of halogens is 2. The number of carbonyl (C=O) groups excluding carboxylic acids is 1. The number of hydrazone groups is 1. The van der Waals surface area contributed by atoms with Crippen molar-refractivity contribution >= 4 is 34.9 Å². The van der Waals surface area contributed by atoms with Gasteiger partial charge >= 0.3 is 6.03 Å². The van der Waals surface area contributed by atoms with Crippen molar-refractivity contribution in [1.29, 1.82) is 0 Å². The maximum Gasteiger partial charge on any atom is 0.332 e. The van der Waals surface area contributed by atoms with Crippen LogP contribution in [0.4, 0.5) is 4.79 Å². The van der Waals surface area contributed by atoms with E-state index >= 15 is 0 Å². The van der Waals surface area contributed by atoms with Crippen LogP contribution in [-0.2, 0) is 0 Å². The van der Waals surface area contributed by atoms with E-state index in [0.717, 1.165) is 0 Å². The third-order valence-electron chi connectivity index (χ3n) is 0.633. The van der Waals surface area contributed by atoms with Gasteiger partial charge < -0.3 is 5.73 Å². The van der Waals surface area contributed by atoms with Gasteiger partial charge in [0.25, 0.3) is 0 Å². The molecule has 0 spiro atoms. The Morgan fingerprint density at radius 3 is 2.30 bits per heavy atom. The van der Waals surface area contributed by atoms with E-state index in [0.29, 0.717) is 5.71 Å². The highest BCUT2D eigenvalue weighted by atomic mass is 35.5. The molecule has 0 aliphatic rings. The third kappa shape index (κ3) is 4.40. The van der Waals surface area contributed by atoms with Crippen LogP contribution in [0.1, 0.15) is 0 Å². The highest BCUT2D eigenvalue weighted by Crippen LogP contribution is 1.85. The first-order chi connectivity index (χ1) is 4.70. The van der Waals surface area contributed by atoms with Gasteiger partial charge in [-0.2, -0.15) is 5.10 Å². The highest BCUT2D eigenvalue weighted by Gasteiger charge is 1.94. The zero-order valence-electron chi connectivity index (χ0n) is 5.10. The molecule has 58 valence electrons. The normalized spacial score (nSPS) is 8.60. The Hall–Kier alpha value is -0.480. The number of amides is 2. The van der Waals surface area contributed by atoms with Crippen LogP contribution in [0.15, 0.2) is 5.10 Å². The maximum atomic E-state index is 10.1. The SMILES string of the molecule is NC(=O)NN=C(CCl)CCl. The summed E-state index contributed by atoms with van der Waals surface area (Å²) in [7, 11) is 0. The molecule has 0 atom stereocenters. The quantitative estimate of drug-likeness (QED) is 0.374. The molecule has 0 rings (SSSR count). The number of carbonyl (C=O) groups is 1. The van der Waals surface area contributed by atoms with Gasteiger partial charge in [0.2, 0.25) is 0 Å². The average molecular weight is 184 g/mol. The number of rotatable bonds is 3. The lowest BCUT2D eigenvalue weighted by molar-refractivity contribution is 0.249. The number of hydrogen-bond donors (Lipinski definition) is 2. The fourth-order valence-corrected chi connectivity index (χ4v) is 0.635. The number of urea groups is 1. The Morgan fingerprint density at radius 2 is 2.00 bits per heavy atom. The summed E-state index contributed by atoms with van der Waals surface area (Å²) in [6.07, 6.45) is 0. The minimum atomic E-state index is -0.729. The largest absolute Gasteiger partial charge is 0.350 e. The van der Waals surface area contributed by atoms with Gasteiger partial charge in [0.15, 0.2) is 0 Å². The molecule has 0 aliphatic carbocycles. The second-order valence-corrected chi connectivity index (χ2v) is 1.96. The molecular weight excluding hydrogens is 177 g/mol. The number of nitrogens with zero attached hydrogens (tertiary/aromatic N) is 1. The van der Waals surface area contributed by atoms with Crippen LogP contribution in [0, 0.1) is 0 Å². The molecule has 0 aromatic heterocycles. The Labute approximate surface area is 68.4 Å². The average Bonchev–Trinajstić information content (AvgIpc) is 1.90. The standard InChI is InChI=1S/C4H7Cl2N3O/c5-1-3(2-6)8-9-4(7)10/h1-2H2,(H3,7,9,10). The molecule has 0 unspecified atom stereocenters. The van der Waals surface area contributed by atoms with Crippen molar-refractivity contribution in [3.05, 3.63) is 0 Å². The summed E-state index contributed by atoms with van der Waals surface area (Å²) < 4.78 is 0. The smallest absolute Gasteiger partial charge is 0.332 e. The highest BCUT2D eigenvalue weighted by molar-refractivity contribution is 6.36. The summed E-state index contributed by atoms with van der Waals surface area (Å²) in [6, 6.07) is -0.729. The first-order valence-corrected chi connectivity index (χ1v) is 3.50. The molecule has 2 amide bonds. The molecule has 0 radical (unpaired) electrons. The van der Waals surface area contributed by atoms with Crippen molar-refractivity contribution < 1.29 is 4.79 Å². The molecule has 4 nitrogen and oxygen atoms in total. The Bertz CT molecular complexity index is 141. The first kappa shape index (κ1) is 9.52. The van der Waals surface area contributed by atoms with E-state index in [9.17, 15) is 4.79 Å². The van der Waals surface area contributed by atoms with Crippen LogP contribution in [0.25, 0.3) is 0 Å². The molecular formula is C4H7Cl2N3O. The molecule has 6 heteroatoms. The van der Waals surface area contributed by atoms with Crippen LogP contribution < -0.4 is 11.2 Å². The second-order valence-electron chi connectivity index (χ2n) is 1.42. The molecule has 0 aliphatic heterocycles. The zero-order valence-corrected chi connectivity index (χ0v) is 6.61. The lowest BCUT2D eigenvalue weighted by Gasteiger charge is -1.95. The van der Waals surface area contributed by atoms with Crippen LogP contribution in [-0.4, -0.2) is 23.5 Å². The first-order valence-electron chi connectivity index (χ1n) is 2.43. The van der Waals surface area contributed by atoms with E-state index in [4.69, 9.17) is 28.9 Å². The molecule has 0 saturated carbocycles. The van der Waals surface area contributed by atoms with Crippen LogP contribution in [0.3, 0.4) is 0 Å². The summed E-state index contributed by atoms with van der Waals surface area (Å²) in [5, 5.41) is 3.49. The van der Waals surface area contributed by atoms with Gasteiger partial charge in [0, 0.05) is 0 Å². The molecule has 0 fully saturated rings. The summed E-state index contributed by atoms with van der Waals surface area (Å²) in [4.78, 5) is 10.1. The second kappa shape index (κ2) is 5.32. The van der Waals surface area contributed by atoms with Gasteiger partial charge in [-0.25, -0.2) is 10.2 Å². The zero-order chi connectivity index (χ0) is 7.98. The molecule has 0 aromatic rings. The Kier molecular flexibility index (Phi) is 5.06. The predicted molar refractivity (Wildman–Crippen MR) is 41.6 cm³/mol. The van der Waals surface area contributed by atoms with Crippen molar-refractivity contribution in [2.75, 3.05) is 11.8 Å². The predicted octanol–water partition coefficient (Wildman–Crippen LogP) is 0.488. The molecule has 10 heavy (non-hydrogen) atoms. The van der Waals surface area contributed by atoms with E-state index in [1.165, 1.54) is 0 Å². The fraction of sp³-hybridized carbons (Fsp3) is 0.500. The van der Waals surface area contributed by atoms with Gasteiger partial charge in [0.05, 0.1) is 17.5 Å². The molecule has 0 bridgehead atoms. The summed E-state index contributed by atoms with van der Waals surface area (Å²) in [6.45, 7) is 0. The lowest BCUT2D eigenvalue weighted by atomic mass is 10.5. The number of nitrogens with two attached hydrogens (primary N) is 1. The minimum Gasteiger partial charge on any atom is -0.350 e. The van der Waals surface area contributed by atoms with Crippen molar-refractivity contribution in [1.82, 2.24) is 5.43 Å². The maximum absolute atomic E-state index is 10.1. The van der Waals surface area contributed by atoms with E-state index in [1.807, 2.05) is 5.43 Å². The number of alkyl halides is 2. The minimum absolute atomic E-state index is 0.184. The number of hydrogen-bond acceptors (Lipinski definition) is 2. The molecule has 0 aromatic carbocycles. The summed E-state index contributed by atoms with van der Waals surface area (Å²) in [5.74, 6) is 0.369. The van der Waals surface area contributed by atoms with Crippen LogP contribution in [0.2, 0.25) is 0 Å². The van der Waals surface area contributed by atoms with Gasteiger partial charge in [-0.3, -0.25) is 0 Å². The third-order valence-corrected chi connectivity index (χ3v) is 1.25. The van der Waals surface area contributed by atoms with E-state index in [1.54, 1.807) is 0 Å². The van der Waals surface area contributed by atoms with Gasteiger partial charge in [0.1, 0.15) is 0 Å². The molecule has 0 heterocycles. The van der Waals surface area contributed by atoms with Crippen molar-refractivity contribution in [3.8, 4) is 0 Å². The molecule has 3 N–H and O–H groups in total. The molecule has 0 saturated heterocycles. The Morgan fingerprint density at radius 1 is 1.50 bits per heavy atom. The van der Waals surface area contributed by atoms with Gasteiger partial charge in [-0.15, -0.1) is 23.2 Å². The summed E-state index contributed by atoms with van der Waals surface area (Å²) >= 11 is 10.7. The topological polar surface area (TPSA) is 67.5 Å². The number of nitrogens with one attached hydrogen (secondary N) is 1. The van der Waals surface area contributed by atoms with Crippen molar-refractivity contribution in [3.63, 3.8) is 0 Å². The Balaban J connectivity index is 3.74. The lowest BCUT2D eigenvalue weighted by Crippen LogP contribution is -2.26. The van der Waals surface area contributed by atoms with E-state index in [-0.39, 0.29) is 11.8 Å². The fourth-order valence-electron chi connectivity index (χ4n) is 0.230. The van der Waals surface area contributed by atoms with Gasteiger partial charge in [-0.1, -0.05) is 0 Å². The van der Waals surface area contributed by atoms with E-state index in [2.05, 4.69) is 5.10 Å². The van der Waals surface area contributed by atoms with Crippen molar-refractivity contribution in [2.45, 2.75) is 0 Å². The van der Waals surface area contributed by atoms with Crippen molar-refractivity contribution in [2.24, 2.45) is 10.8 Å². The summed E-state index contributed by atoms with van der Waals surface area (Å²) in [5.41, 5.74) is 7.19. The van der Waals surface area contributed by atoms with Crippen LogP contribution in [0.5, 0.6) is 0 Å². The van der Waals surface area contributed by atoms with Gasteiger partial charge in [-0.05, 0) is 0 Å². The van der Waals surface area contributed by atoms with Crippen LogP contribution >= 0.6 is 23.2 Å². The monoisotopic (exact) mass is 183 g/mol. The van der Waals surface area contributed by atoms with E-state index < -0.39 is 6.03 Å². The number of primary amides is 1.